The number of aromatic nitrogens is 2. The highest BCUT2D eigenvalue weighted by molar-refractivity contribution is 6.30. The van der Waals surface area contributed by atoms with Crippen molar-refractivity contribution in [1.29, 1.82) is 0 Å². The number of nitrogens with zero attached hydrogens (tertiary/aromatic N) is 3. The number of halogens is 1. The molecule has 0 amide bonds. The van der Waals surface area contributed by atoms with Crippen LogP contribution in [0.3, 0.4) is 0 Å². The van der Waals surface area contributed by atoms with E-state index in [-0.39, 0.29) is 0 Å². The highest BCUT2D eigenvalue weighted by Gasteiger charge is 2.22. The molecule has 0 aliphatic rings. The Labute approximate surface area is 182 Å². The molecule has 0 spiro atoms. The summed E-state index contributed by atoms with van der Waals surface area (Å²) in [7, 11) is 1.67. The van der Waals surface area contributed by atoms with Crippen LogP contribution in [0.5, 0.6) is 11.6 Å². The van der Waals surface area contributed by atoms with E-state index in [0.717, 1.165) is 16.9 Å². The Kier molecular flexibility index (Phi) is 7.87. The van der Waals surface area contributed by atoms with Gasteiger partial charge in [-0.2, -0.15) is 5.10 Å². The summed E-state index contributed by atoms with van der Waals surface area (Å²) in [6, 6.07) is 17.1. The molecular weight excluding hydrogens is 402 g/mol. The highest BCUT2D eigenvalue weighted by atomic mass is 35.5. The maximum Gasteiger partial charge on any atom is 0.227 e. The number of methoxy groups -OCH3 is 1. The maximum absolute atomic E-state index is 9.94. The molecule has 0 aliphatic heterocycles. The van der Waals surface area contributed by atoms with Crippen molar-refractivity contribution in [2.75, 3.05) is 26.8 Å². The number of para-hydroxylation sites is 1. The van der Waals surface area contributed by atoms with E-state index in [2.05, 4.69) is 4.90 Å². The zero-order chi connectivity index (χ0) is 21.5. The third-order valence-electron chi connectivity index (χ3n) is 4.68. The number of hydrogen-bond acceptors (Lipinski definition) is 5. The quantitative estimate of drug-likeness (QED) is 0.515. The number of aliphatic hydroxyl groups is 1. The summed E-state index contributed by atoms with van der Waals surface area (Å²) in [5, 5.41) is 15.3. The number of aliphatic hydroxyl groups excluding tert-OH is 1. The Morgan fingerprint density at radius 2 is 1.83 bits per heavy atom. The Bertz CT molecular complexity index is 927. The molecule has 0 aliphatic carbocycles. The van der Waals surface area contributed by atoms with Gasteiger partial charge in [0.25, 0.3) is 0 Å². The van der Waals surface area contributed by atoms with Crippen molar-refractivity contribution in [3.8, 4) is 17.3 Å². The van der Waals surface area contributed by atoms with E-state index >= 15 is 0 Å². The lowest BCUT2D eigenvalue weighted by Crippen LogP contribution is -2.33. The van der Waals surface area contributed by atoms with Gasteiger partial charge in [0.05, 0.1) is 29.7 Å². The molecule has 160 valence electrons. The molecule has 0 unspecified atom stereocenters. The van der Waals surface area contributed by atoms with E-state index < -0.39 is 6.10 Å². The van der Waals surface area contributed by atoms with Gasteiger partial charge < -0.3 is 14.6 Å². The molecule has 0 fully saturated rings. The lowest BCUT2D eigenvalue weighted by Gasteiger charge is -2.23. The molecule has 30 heavy (non-hydrogen) atoms. The van der Waals surface area contributed by atoms with E-state index in [1.807, 2.05) is 54.1 Å². The van der Waals surface area contributed by atoms with Gasteiger partial charge in [0, 0.05) is 31.8 Å². The standard InChI is InChI=1S/C23H28ClN3O3/c1-17(28)15-26(13-14-29-3)16-22-18(2)25-27(20-7-5-4-6-8-20)23(22)30-21-11-9-19(24)10-12-21/h4-12,17,28H,13-16H2,1-3H3/t17-/m0/s1. The molecule has 3 rings (SSSR count). The lowest BCUT2D eigenvalue weighted by atomic mass is 10.2. The maximum atomic E-state index is 9.94. The molecular formula is C23H28ClN3O3. The first-order chi connectivity index (χ1) is 14.5. The molecule has 0 saturated carbocycles. The molecule has 1 heterocycles. The SMILES string of the molecule is COCCN(Cc1c(C)nn(-c2ccccc2)c1Oc1ccc(Cl)cc1)C[C@H](C)O. The topological polar surface area (TPSA) is 59.8 Å². The monoisotopic (exact) mass is 429 g/mol. The zero-order valence-electron chi connectivity index (χ0n) is 17.6. The summed E-state index contributed by atoms with van der Waals surface area (Å²) >= 11 is 6.03. The van der Waals surface area contributed by atoms with E-state index in [0.29, 0.717) is 42.9 Å². The Hall–Kier alpha value is -2.38. The van der Waals surface area contributed by atoms with Gasteiger partial charge in [-0.1, -0.05) is 29.8 Å². The second-order valence-electron chi connectivity index (χ2n) is 7.25. The molecule has 0 bridgehead atoms. The van der Waals surface area contributed by atoms with Crippen molar-refractivity contribution < 1.29 is 14.6 Å². The molecule has 1 atom stereocenters. The molecule has 0 saturated heterocycles. The number of hydrogen-bond donors (Lipinski definition) is 1. The third-order valence-corrected chi connectivity index (χ3v) is 4.93. The molecule has 2 aromatic carbocycles. The van der Waals surface area contributed by atoms with E-state index in [1.165, 1.54) is 0 Å². The van der Waals surface area contributed by atoms with E-state index in [9.17, 15) is 5.11 Å². The second kappa shape index (κ2) is 10.6. The van der Waals surface area contributed by atoms with E-state index in [4.69, 9.17) is 26.2 Å². The average molecular weight is 430 g/mol. The summed E-state index contributed by atoms with van der Waals surface area (Å²) in [6.45, 7) is 6.13. The zero-order valence-corrected chi connectivity index (χ0v) is 18.3. The summed E-state index contributed by atoms with van der Waals surface area (Å²) in [5.41, 5.74) is 2.75. The van der Waals surface area contributed by atoms with Gasteiger partial charge in [-0.25, -0.2) is 4.68 Å². The van der Waals surface area contributed by atoms with Gasteiger partial charge in [0.15, 0.2) is 0 Å². The van der Waals surface area contributed by atoms with Crippen LogP contribution in [0, 0.1) is 6.92 Å². The van der Waals surface area contributed by atoms with Crippen molar-refractivity contribution >= 4 is 11.6 Å². The fourth-order valence-electron chi connectivity index (χ4n) is 3.24. The summed E-state index contributed by atoms with van der Waals surface area (Å²) < 4.78 is 13.4. The first-order valence-electron chi connectivity index (χ1n) is 9.94. The smallest absolute Gasteiger partial charge is 0.227 e. The van der Waals surface area contributed by atoms with Crippen LogP contribution < -0.4 is 4.74 Å². The molecule has 0 radical (unpaired) electrons. The van der Waals surface area contributed by atoms with Crippen molar-refractivity contribution in [3.63, 3.8) is 0 Å². The predicted molar refractivity (Wildman–Crippen MR) is 119 cm³/mol. The van der Waals surface area contributed by atoms with Gasteiger partial charge in [-0.3, -0.25) is 4.90 Å². The van der Waals surface area contributed by atoms with Crippen molar-refractivity contribution in [1.82, 2.24) is 14.7 Å². The highest BCUT2D eigenvalue weighted by Crippen LogP contribution is 2.32. The minimum absolute atomic E-state index is 0.452. The van der Waals surface area contributed by atoms with Crippen molar-refractivity contribution in [3.05, 3.63) is 70.9 Å². The third kappa shape index (κ3) is 5.83. The first kappa shape index (κ1) is 22.3. The number of benzene rings is 2. The van der Waals surface area contributed by atoms with Gasteiger partial charge >= 0.3 is 0 Å². The number of ether oxygens (including phenoxy) is 2. The average Bonchev–Trinajstić information content (AvgIpc) is 3.03. The van der Waals surface area contributed by atoms with Crippen LogP contribution in [-0.2, 0) is 11.3 Å². The fourth-order valence-corrected chi connectivity index (χ4v) is 3.36. The van der Waals surface area contributed by atoms with Crippen LogP contribution >= 0.6 is 11.6 Å². The van der Waals surface area contributed by atoms with Gasteiger partial charge in [0.2, 0.25) is 5.88 Å². The summed E-state index contributed by atoms with van der Waals surface area (Å²) in [4.78, 5) is 2.14. The minimum Gasteiger partial charge on any atom is -0.439 e. The van der Waals surface area contributed by atoms with Crippen LogP contribution in [0.2, 0.25) is 5.02 Å². The van der Waals surface area contributed by atoms with Crippen molar-refractivity contribution in [2.45, 2.75) is 26.5 Å². The van der Waals surface area contributed by atoms with Gasteiger partial charge in [0.1, 0.15) is 5.75 Å². The molecule has 1 N–H and O–H groups in total. The number of aryl methyl sites for hydroxylation is 1. The Morgan fingerprint density at radius 1 is 1.13 bits per heavy atom. The fraction of sp³-hybridized carbons (Fsp3) is 0.348. The number of rotatable bonds is 10. The predicted octanol–water partition coefficient (Wildman–Crippen LogP) is 4.46. The minimum atomic E-state index is -0.452. The first-order valence-corrected chi connectivity index (χ1v) is 10.3. The lowest BCUT2D eigenvalue weighted by molar-refractivity contribution is 0.0934. The van der Waals surface area contributed by atoms with Crippen molar-refractivity contribution in [2.24, 2.45) is 0 Å². The normalized spacial score (nSPS) is 12.3. The van der Waals surface area contributed by atoms with Crippen LogP contribution in [0.4, 0.5) is 0 Å². The summed E-state index contributed by atoms with van der Waals surface area (Å²) in [6.07, 6.45) is -0.452. The van der Waals surface area contributed by atoms with Gasteiger partial charge in [-0.15, -0.1) is 0 Å². The largest absolute Gasteiger partial charge is 0.439 e. The molecule has 7 heteroatoms. The van der Waals surface area contributed by atoms with Crippen LogP contribution in [0.15, 0.2) is 54.6 Å². The molecule has 3 aromatic rings. The van der Waals surface area contributed by atoms with Gasteiger partial charge in [-0.05, 0) is 50.2 Å². The second-order valence-corrected chi connectivity index (χ2v) is 7.69. The van der Waals surface area contributed by atoms with Crippen LogP contribution in [0.1, 0.15) is 18.2 Å². The Balaban J connectivity index is 2.00. The molecule has 1 aromatic heterocycles. The van der Waals surface area contributed by atoms with E-state index in [1.54, 1.807) is 26.2 Å². The molecule has 6 nitrogen and oxygen atoms in total. The Morgan fingerprint density at radius 3 is 2.47 bits per heavy atom. The van der Waals surface area contributed by atoms with Crippen LogP contribution in [0.25, 0.3) is 5.69 Å². The van der Waals surface area contributed by atoms with Crippen LogP contribution in [-0.4, -0.2) is 52.7 Å². The summed E-state index contributed by atoms with van der Waals surface area (Å²) in [5.74, 6) is 1.32.